The van der Waals surface area contributed by atoms with E-state index in [2.05, 4.69) is 15.6 Å². The van der Waals surface area contributed by atoms with Gasteiger partial charge in [-0.05, 0) is 35.7 Å². The summed E-state index contributed by atoms with van der Waals surface area (Å²) >= 11 is 2.92. The number of anilines is 2. The minimum atomic E-state index is -0.142. The van der Waals surface area contributed by atoms with Gasteiger partial charge in [0.1, 0.15) is 0 Å². The van der Waals surface area contributed by atoms with Crippen molar-refractivity contribution in [1.29, 1.82) is 0 Å². The fourth-order valence-electron chi connectivity index (χ4n) is 2.47. The van der Waals surface area contributed by atoms with Gasteiger partial charge in [0.25, 0.3) is 5.91 Å². The number of carbonyl (C=O) groups excluding carboxylic acids is 2. The molecule has 0 unspecified atom stereocenters. The number of aromatic nitrogens is 2. The molecule has 0 fully saturated rings. The van der Waals surface area contributed by atoms with E-state index in [0.29, 0.717) is 16.3 Å². The summed E-state index contributed by atoms with van der Waals surface area (Å²) in [4.78, 5) is 30.1. The zero-order valence-electron chi connectivity index (χ0n) is 13.5. The molecule has 4 aromatic rings. The highest BCUT2D eigenvalue weighted by Gasteiger charge is 2.10. The van der Waals surface area contributed by atoms with Crippen LogP contribution >= 0.6 is 22.7 Å². The molecular weight excluding hydrogens is 368 g/mol. The summed E-state index contributed by atoms with van der Waals surface area (Å²) in [6.07, 6.45) is 3.98. The Morgan fingerprint density at radius 1 is 1.00 bits per heavy atom. The lowest BCUT2D eigenvalue weighted by Gasteiger charge is -2.07. The van der Waals surface area contributed by atoms with Gasteiger partial charge in [-0.2, -0.15) is 0 Å². The van der Waals surface area contributed by atoms with Crippen LogP contribution in [-0.4, -0.2) is 21.2 Å². The molecule has 0 bridgehead atoms. The van der Waals surface area contributed by atoms with Crippen LogP contribution in [0, 0.1) is 0 Å². The molecule has 0 aliphatic carbocycles. The molecule has 4 rings (SSSR count). The van der Waals surface area contributed by atoms with E-state index in [1.807, 2.05) is 33.6 Å². The number of thiophene rings is 1. The molecule has 0 saturated heterocycles. The van der Waals surface area contributed by atoms with E-state index in [1.165, 1.54) is 22.7 Å². The number of nitrogens with one attached hydrogen (secondary N) is 2. The maximum Gasteiger partial charge on any atom is 0.265 e. The first kappa shape index (κ1) is 16.5. The summed E-state index contributed by atoms with van der Waals surface area (Å²) in [6.45, 7) is 0. The van der Waals surface area contributed by atoms with E-state index in [4.69, 9.17) is 0 Å². The molecule has 0 radical (unpaired) electrons. The maximum atomic E-state index is 12.2. The van der Waals surface area contributed by atoms with E-state index in [-0.39, 0.29) is 18.2 Å². The van der Waals surface area contributed by atoms with Gasteiger partial charge < -0.3 is 10.6 Å². The summed E-state index contributed by atoms with van der Waals surface area (Å²) in [6, 6.07) is 10.6. The predicted molar refractivity (Wildman–Crippen MR) is 104 cm³/mol. The normalized spacial score (nSPS) is 10.8. The highest BCUT2D eigenvalue weighted by atomic mass is 32.1. The van der Waals surface area contributed by atoms with Crippen molar-refractivity contribution < 1.29 is 9.59 Å². The zero-order valence-corrected chi connectivity index (χ0v) is 15.1. The molecule has 1 aromatic carbocycles. The number of hydrogen-bond donors (Lipinski definition) is 2. The van der Waals surface area contributed by atoms with Crippen LogP contribution in [-0.2, 0) is 11.2 Å². The Hall–Kier alpha value is -2.97. The minimum absolute atomic E-state index is 0.133. The number of carbonyl (C=O) groups is 2. The van der Waals surface area contributed by atoms with Crippen LogP contribution < -0.4 is 10.6 Å². The molecule has 6 nitrogen and oxygen atoms in total. The van der Waals surface area contributed by atoms with Crippen molar-refractivity contribution in [1.82, 2.24) is 9.38 Å². The third-order valence-electron chi connectivity index (χ3n) is 3.66. The molecule has 130 valence electrons. The van der Waals surface area contributed by atoms with Gasteiger partial charge >= 0.3 is 0 Å². The van der Waals surface area contributed by atoms with Crippen LogP contribution in [0.4, 0.5) is 11.4 Å². The zero-order chi connectivity index (χ0) is 17.9. The molecule has 0 saturated carbocycles. The third kappa shape index (κ3) is 3.66. The summed E-state index contributed by atoms with van der Waals surface area (Å²) < 4.78 is 1.90. The number of thiazole rings is 1. The first-order valence-corrected chi connectivity index (χ1v) is 9.59. The van der Waals surface area contributed by atoms with Gasteiger partial charge in [-0.3, -0.25) is 14.0 Å². The van der Waals surface area contributed by atoms with Crippen molar-refractivity contribution in [2.75, 3.05) is 10.6 Å². The van der Waals surface area contributed by atoms with Gasteiger partial charge in [-0.25, -0.2) is 4.98 Å². The van der Waals surface area contributed by atoms with E-state index >= 15 is 0 Å². The maximum absolute atomic E-state index is 12.2. The van der Waals surface area contributed by atoms with Gasteiger partial charge in [0.2, 0.25) is 5.91 Å². The number of nitrogens with zero attached hydrogens (tertiary/aromatic N) is 2. The summed E-state index contributed by atoms with van der Waals surface area (Å²) in [5.41, 5.74) is 2.08. The van der Waals surface area contributed by atoms with E-state index < -0.39 is 0 Å². The van der Waals surface area contributed by atoms with Crippen molar-refractivity contribution in [2.24, 2.45) is 0 Å². The predicted octanol–water partition coefficient (Wildman–Crippen LogP) is 3.89. The largest absolute Gasteiger partial charge is 0.326 e. The lowest BCUT2D eigenvalue weighted by molar-refractivity contribution is -0.115. The molecule has 3 heterocycles. The molecule has 2 N–H and O–H groups in total. The fraction of sp³-hybridized carbons (Fsp3) is 0.0556. The second kappa shape index (κ2) is 7.11. The van der Waals surface area contributed by atoms with Gasteiger partial charge in [-0.15, -0.1) is 22.7 Å². The number of hydrogen-bond acceptors (Lipinski definition) is 5. The van der Waals surface area contributed by atoms with Gasteiger partial charge in [0.15, 0.2) is 4.96 Å². The van der Waals surface area contributed by atoms with Crippen LogP contribution in [0.3, 0.4) is 0 Å². The second-order valence-corrected chi connectivity index (χ2v) is 7.38. The van der Waals surface area contributed by atoms with Crippen molar-refractivity contribution in [3.05, 3.63) is 70.1 Å². The Bertz CT molecular complexity index is 1020. The molecule has 2 amide bonds. The Morgan fingerprint density at radius 3 is 2.46 bits per heavy atom. The van der Waals surface area contributed by atoms with E-state index in [9.17, 15) is 9.59 Å². The first-order chi connectivity index (χ1) is 12.7. The van der Waals surface area contributed by atoms with Crippen LogP contribution in [0.1, 0.15) is 15.4 Å². The Labute approximate surface area is 157 Å². The van der Waals surface area contributed by atoms with Gasteiger partial charge in [0.05, 0.1) is 17.0 Å². The smallest absolute Gasteiger partial charge is 0.265 e. The average molecular weight is 382 g/mol. The highest BCUT2D eigenvalue weighted by molar-refractivity contribution is 7.15. The second-order valence-electron chi connectivity index (χ2n) is 5.56. The topological polar surface area (TPSA) is 75.5 Å². The van der Waals surface area contributed by atoms with Crippen molar-refractivity contribution in [3.8, 4) is 0 Å². The molecule has 0 aliphatic rings. The number of benzene rings is 1. The number of imidazole rings is 1. The Balaban J connectivity index is 1.35. The lowest BCUT2D eigenvalue weighted by Crippen LogP contribution is -2.15. The quantitative estimate of drug-likeness (QED) is 0.550. The summed E-state index contributed by atoms with van der Waals surface area (Å²) in [7, 11) is 0. The van der Waals surface area contributed by atoms with Crippen molar-refractivity contribution >= 4 is 50.8 Å². The van der Waals surface area contributed by atoms with Crippen LogP contribution in [0.5, 0.6) is 0 Å². The monoisotopic (exact) mass is 382 g/mol. The van der Waals surface area contributed by atoms with E-state index in [1.54, 1.807) is 30.3 Å². The molecule has 3 aromatic heterocycles. The molecule has 0 atom stereocenters. The SMILES string of the molecule is O=C(Cc1cn2ccsc2n1)Nc1ccc(NC(=O)c2cccs2)cc1. The highest BCUT2D eigenvalue weighted by Crippen LogP contribution is 2.17. The molecular formula is C18H14N4O2S2. The number of fused-ring (bicyclic) bond motifs is 1. The Kier molecular flexibility index (Phi) is 4.51. The Morgan fingerprint density at radius 2 is 1.77 bits per heavy atom. The standard InChI is InChI=1S/C18H14N4O2S2/c23-16(10-14-11-22-7-9-26-18(22)21-14)19-12-3-5-13(6-4-12)20-17(24)15-2-1-8-25-15/h1-9,11H,10H2,(H,19,23)(H,20,24). The summed E-state index contributed by atoms with van der Waals surface area (Å²) in [5.74, 6) is -0.275. The van der Waals surface area contributed by atoms with Crippen molar-refractivity contribution in [3.63, 3.8) is 0 Å². The van der Waals surface area contributed by atoms with Gasteiger partial charge in [-0.1, -0.05) is 6.07 Å². The molecule has 0 spiro atoms. The fourth-order valence-corrected chi connectivity index (χ4v) is 3.81. The van der Waals surface area contributed by atoms with Gasteiger partial charge in [0, 0.05) is 29.1 Å². The van der Waals surface area contributed by atoms with Crippen molar-refractivity contribution in [2.45, 2.75) is 6.42 Å². The lowest BCUT2D eigenvalue weighted by atomic mass is 10.2. The van der Waals surface area contributed by atoms with Crippen LogP contribution in [0.25, 0.3) is 4.96 Å². The van der Waals surface area contributed by atoms with Crippen LogP contribution in [0.2, 0.25) is 0 Å². The number of amides is 2. The average Bonchev–Trinajstić information content (AvgIpc) is 3.33. The van der Waals surface area contributed by atoms with Crippen LogP contribution in [0.15, 0.2) is 59.6 Å². The molecule has 8 heteroatoms. The third-order valence-corrected chi connectivity index (χ3v) is 5.30. The summed E-state index contributed by atoms with van der Waals surface area (Å²) in [5, 5.41) is 9.47. The molecule has 26 heavy (non-hydrogen) atoms. The van der Waals surface area contributed by atoms with E-state index in [0.717, 1.165) is 10.7 Å². The minimum Gasteiger partial charge on any atom is -0.326 e. The molecule has 0 aliphatic heterocycles. The first-order valence-electron chi connectivity index (χ1n) is 7.83. The number of rotatable bonds is 5.